The highest BCUT2D eigenvalue weighted by molar-refractivity contribution is 6.80. The maximum Gasteiger partial charge on any atom is 0.283 e. The lowest BCUT2D eigenvalue weighted by Gasteiger charge is -2.51. The molecular formula is C62H49BN2O2. The van der Waals surface area contributed by atoms with Crippen LogP contribution in [0.25, 0.3) is 22.3 Å². The zero-order chi connectivity index (χ0) is 44.1. The first kappa shape index (κ1) is 37.9. The van der Waals surface area contributed by atoms with E-state index in [1.807, 2.05) is 0 Å². The largest absolute Gasteiger partial charge is 0.495 e. The van der Waals surface area contributed by atoms with Gasteiger partial charge < -0.3 is 19.3 Å². The molecule has 8 atom stereocenters. The molecule has 0 radical (unpaired) electrons. The molecule has 0 N–H and O–H groups in total. The summed E-state index contributed by atoms with van der Waals surface area (Å²) in [6.45, 7) is 4.48. The van der Waals surface area contributed by atoms with Gasteiger partial charge in [-0.25, -0.2) is 0 Å². The number of benzene rings is 7. The number of allylic oxidation sites excluding steroid dienone is 8. The van der Waals surface area contributed by atoms with Crippen LogP contribution in [0.3, 0.4) is 0 Å². The standard InChI is InChI=1S/C62H49BN2O2/c1-3-36-24-30-56-52(32-36)59-61(66-56)63-58-54(64(59)38-26-28-48-44-18-7-5-14-40(44)42-16-9-11-20-46(42)50(48)34-38)22-13-23-55(58)65(60-53-33-37(4-2)25-31-57(53)67-62(60)63)39-27-29-49-45-19-8-6-15-41(45)43-17-10-12-21-47(43)51(49)35-39/h5-35,42-43,46-47,59-62H,3-4H2,1-2H3. The van der Waals surface area contributed by atoms with Crippen molar-refractivity contribution in [3.05, 3.63) is 233 Å². The van der Waals surface area contributed by atoms with Gasteiger partial charge in [-0.05, 0) is 135 Å². The smallest absolute Gasteiger partial charge is 0.283 e. The molecule has 4 aliphatic carbocycles. The molecule has 8 aliphatic rings. The monoisotopic (exact) mass is 864 g/mol. The van der Waals surface area contributed by atoms with Crippen LogP contribution in [0.15, 0.2) is 188 Å². The van der Waals surface area contributed by atoms with E-state index in [0.29, 0.717) is 11.8 Å². The molecule has 8 unspecified atom stereocenters. The van der Waals surface area contributed by atoms with Gasteiger partial charge in [0.15, 0.2) is 0 Å². The molecule has 67 heavy (non-hydrogen) atoms. The topological polar surface area (TPSA) is 24.9 Å². The van der Waals surface area contributed by atoms with Crippen molar-refractivity contribution in [1.29, 1.82) is 0 Å². The van der Waals surface area contributed by atoms with Crippen LogP contribution in [0.1, 0.15) is 94.1 Å². The van der Waals surface area contributed by atoms with Crippen LogP contribution in [0.2, 0.25) is 0 Å². The van der Waals surface area contributed by atoms with Crippen LogP contribution in [0.5, 0.6) is 11.5 Å². The fourth-order valence-corrected chi connectivity index (χ4v) is 13.8. The van der Waals surface area contributed by atoms with Gasteiger partial charge >= 0.3 is 0 Å². The van der Waals surface area contributed by atoms with Crippen LogP contribution in [-0.2, 0) is 12.8 Å². The molecule has 4 heterocycles. The van der Waals surface area contributed by atoms with E-state index in [1.165, 1.54) is 95.0 Å². The number of ether oxygens (including phenoxy) is 2. The van der Waals surface area contributed by atoms with Crippen molar-refractivity contribution in [2.45, 2.75) is 74.5 Å². The Morgan fingerprint density at radius 1 is 0.418 bits per heavy atom. The summed E-state index contributed by atoms with van der Waals surface area (Å²) in [7, 11) is 0. The van der Waals surface area contributed by atoms with Gasteiger partial charge in [-0.15, -0.1) is 0 Å². The predicted molar refractivity (Wildman–Crippen MR) is 273 cm³/mol. The molecular weight excluding hydrogens is 816 g/mol. The molecule has 322 valence electrons. The van der Waals surface area contributed by atoms with E-state index in [1.54, 1.807) is 0 Å². The Morgan fingerprint density at radius 2 is 0.851 bits per heavy atom. The summed E-state index contributed by atoms with van der Waals surface area (Å²) in [4.78, 5) is 5.32. The average Bonchev–Trinajstić information content (AvgIpc) is 3.96. The number of aryl methyl sites for hydroxylation is 2. The first-order valence-corrected chi connectivity index (χ1v) is 24.6. The minimum Gasteiger partial charge on any atom is -0.495 e. The van der Waals surface area contributed by atoms with E-state index in [9.17, 15) is 0 Å². The van der Waals surface area contributed by atoms with Gasteiger partial charge in [-0.3, -0.25) is 0 Å². The Morgan fingerprint density at radius 3 is 1.31 bits per heavy atom. The van der Waals surface area contributed by atoms with Gasteiger partial charge in [0.05, 0.1) is 12.1 Å². The van der Waals surface area contributed by atoms with Crippen molar-refractivity contribution in [2.24, 2.45) is 0 Å². The maximum atomic E-state index is 7.44. The van der Waals surface area contributed by atoms with Crippen LogP contribution in [-0.4, -0.2) is 18.7 Å². The molecule has 0 saturated heterocycles. The molecule has 0 saturated carbocycles. The van der Waals surface area contributed by atoms with E-state index < -0.39 is 0 Å². The zero-order valence-electron chi connectivity index (χ0n) is 37.7. The highest BCUT2D eigenvalue weighted by atomic mass is 16.5. The van der Waals surface area contributed by atoms with E-state index in [-0.39, 0.29) is 42.6 Å². The summed E-state index contributed by atoms with van der Waals surface area (Å²) >= 11 is 0. The SMILES string of the molecule is CCc1ccc2c(c1)C1C(O2)B2c3c(cccc3N(c3ccc4c(c3)C3C=CC=CC3c3ccccc3-4)C3c4cc(CC)ccc4OC23)N1c1ccc2c(c1)C1C=CC=CC1c1ccccc1-2. The van der Waals surface area contributed by atoms with Crippen molar-refractivity contribution in [3.63, 3.8) is 0 Å². The Bertz CT molecular complexity index is 3180. The Balaban J connectivity index is 0.970. The van der Waals surface area contributed by atoms with Crippen LogP contribution < -0.4 is 24.7 Å². The first-order chi connectivity index (χ1) is 33.1. The summed E-state index contributed by atoms with van der Waals surface area (Å²) in [6, 6.07) is 53.1. The van der Waals surface area contributed by atoms with Gasteiger partial charge in [0.2, 0.25) is 0 Å². The van der Waals surface area contributed by atoms with E-state index in [4.69, 9.17) is 9.47 Å². The molecule has 4 nitrogen and oxygen atoms in total. The van der Waals surface area contributed by atoms with Gasteiger partial charge in [0.25, 0.3) is 6.71 Å². The number of nitrogens with zero attached hydrogens (tertiary/aromatic N) is 2. The highest BCUT2D eigenvalue weighted by Gasteiger charge is 2.62. The number of fused-ring (bicyclic) bond motifs is 20. The highest BCUT2D eigenvalue weighted by Crippen LogP contribution is 2.59. The molecule has 0 bridgehead atoms. The van der Waals surface area contributed by atoms with Gasteiger partial charge in [0.1, 0.15) is 23.5 Å². The quantitative estimate of drug-likeness (QED) is 0.165. The normalized spacial score (nSPS) is 25.2. The van der Waals surface area contributed by atoms with E-state index in [0.717, 1.165) is 24.3 Å². The molecule has 7 aromatic carbocycles. The maximum absolute atomic E-state index is 7.44. The van der Waals surface area contributed by atoms with Crippen molar-refractivity contribution < 1.29 is 9.47 Å². The predicted octanol–water partition coefficient (Wildman–Crippen LogP) is 13.8. The second-order valence-corrected chi connectivity index (χ2v) is 19.8. The second-order valence-electron chi connectivity index (χ2n) is 19.8. The summed E-state index contributed by atoms with van der Waals surface area (Å²) in [5, 5.41) is 0. The minimum absolute atomic E-state index is 0.0377. The average molecular weight is 865 g/mol. The number of rotatable bonds is 4. The first-order valence-electron chi connectivity index (χ1n) is 24.6. The summed E-state index contributed by atoms with van der Waals surface area (Å²) in [5.41, 5.74) is 22.3. The Kier molecular flexibility index (Phi) is 8.00. The van der Waals surface area contributed by atoms with E-state index >= 15 is 0 Å². The molecule has 0 spiro atoms. The van der Waals surface area contributed by atoms with Crippen LogP contribution in [0.4, 0.5) is 22.7 Å². The summed E-state index contributed by atoms with van der Waals surface area (Å²) < 4.78 is 14.9. The van der Waals surface area contributed by atoms with Gasteiger partial charge in [-0.1, -0.05) is 141 Å². The number of hydrogen-bond acceptors (Lipinski definition) is 4. The van der Waals surface area contributed by atoms with Crippen molar-refractivity contribution in [1.82, 2.24) is 0 Å². The molecule has 0 aromatic heterocycles. The molecule has 0 fully saturated rings. The lowest BCUT2D eigenvalue weighted by Crippen LogP contribution is -2.67. The molecule has 15 rings (SSSR count). The Hall–Kier alpha value is -7.24. The molecule has 5 heteroatoms. The zero-order valence-corrected chi connectivity index (χ0v) is 37.7. The summed E-state index contributed by atoms with van der Waals surface area (Å²) in [5.74, 6) is 3.09. The third-order valence-corrected chi connectivity index (χ3v) is 16.8. The Labute approximate surface area is 393 Å². The molecule has 0 amide bonds. The van der Waals surface area contributed by atoms with Gasteiger partial charge in [0, 0.05) is 57.5 Å². The third kappa shape index (κ3) is 5.20. The third-order valence-electron chi connectivity index (χ3n) is 16.8. The van der Waals surface area contributed by atoms with Crippen molar-refractivity contribution in [2.75, 3.05) is 9.80 Å². The molecule has 7 aromatic rings. The lowest BCUT2D eigenvalue weighted by atomic mass is 9.31. The minimum atomic E-state index is -0.188. The molecule has 4 aliphatic heterocycles. The lowest BCUT2D eigenvalue weighted by molar-refractivity contribution is 0.238. The fourth-order valence-electron chi connectivity index (χ4n) is 13.8. The fraction of sp³-hybridized carbons (Fsp3) is 0.194. The van der Waals surface area contributed by atoms with Crippen LogP contribution in [0, 0.1) is 0 Å². The van der Waals surface area contributed by atoms with Crippen LogP contribution >= 0.6 is 0 Å². The summed E-state index contributed by atoms with van der Waals surface area (Å²) in [6.07, 6.45) is 20.5. The number of anilines is 4. The second kappa shape index (κ2) is 14.1. The van der Waals surface area contributed by atoms with Crippen molar-refractivity contribution >= 4 is 34.9 Å². The van der Waals surface area contributed by atoms with Crippen molar-refractivity contribution in [3.8, 4) is 33.8 Å². The number of hydrogen-bond donors (Lipinski definition) is 0. The van der Waals surface area contributed by atoms with Gasteiger partial charge in [-0.2, -0.15) is 0 Å². The van der Waals surface area contributed by atoms with E-state index in [2.05, 4.69) is 212 Å².